The zero-order valence-electron chi connectivity index (χ0n) is 16.8. The van der Waals surface area contributed by atoms with E-state index < -0.39 is 5.60 Å². The highest BCUT2D eigenvalue weighted by Gasteiger charge is 2.35. The van der Waals surface area contributed by atoms with Crippen molar-refractivity contribution >= 4 is 11.8 Å². The van der Waals surface area contributed by atoms with Gasteiger partial charge in [0.2, 0.25) is 0 Å². The first kappa shape index (κ1) is 19.7. The largest absolute Gasteiger partial charge is 0.497 e. The summed E-state index contributed by atoms with van der Waals surface area (Å²) in [5.74, 6) is 0.720. The minimum atomic E-state index is -0.735. The molecule has 0 spiro atoms. The number of anilines is 1. The summed E-state index contributed by atoms with van der Waals surface area (Å²) in [6.45, 7) is 3.08. The Morgan fingerprint density at radius 3 is 2.62 bits per heavy atom. The first-order valence-corrected chi connectivity index (χ1v) is 10.2. The molecule has 0 saturated carbocycles. The molecule has 2 saturated heterocycles. The Morgan fingerprint density at radius 1 is 1.14 bits per heavy atom. The summed E-state index contributed by atoms with van der Waals surface area (Å²) in [6, 6.07) is 17.4. The van der Waals surface area contributed by atoms with E-state index in [-0.39, 0.29) is 12.2 Å². The van der Waals surface area contributed by atoms with E-state index in [0.29, 0.717) is 6.54 Å². The molecule has 154 valence electrons. The average molecular weight is 396 g/mol. The Hall–Kier alpha value is -2.57. The lowest BCUT2D eigenvalue weighted by atomic mass is 9.84. The number of piperidine rings is 1. The van der Waals surface area contributed by atoms with Crippen LogP contribution in [0.1, 0.15) is 24.8 Å². The van der Waals surface area contributed by atoms with Crippen molar-refractivity contribution in [3.8, 4) is 5.75 Å². The van der Waals surface area contributed by atoms with Crippen molar-refractivity contribution < 1.29 is 19.4 Å². The van der Waals surface area contributed by atoms with Crippen molar-refractivity contribution in [2.75, 3.05) is 38.2 Å². The number of hydrogen-bond donors (Lipinski definition) is 1. The summed E-state index contributed by atoms with van der Waals surface area (Å²) in [5.41, 5.74) is 1.06. The number of carbonyl (C=O) groups is 1. The van der Waals surface area contributed by atoms with E-state index in [9.17, 15) is 9.90 Å². The molecule has 1 atom stereocenters. The third-order valence-electron chi connectivity index (χ3n) is 6.00. The smallest absolute Gasteiger partial charge is 0.414 e. The van der Waals surface area contributed by atoms with E-state index in [0.717, 1.165) is 55.9 Å². The molecule has 0 aromatic heterocycles. The third kappa shape index (κ3) is 4.38. The number of rotatable bonds is 6. The summed E-state index contributed by atoms with van der Waals surface area (Å²) < 4.78 is 10.8. The van der Waals surface area contributed by atoms with Gasteiger partial charge in [-0.2, -0.15) is 0 Å². The number of methoxy groups -OCH3 is 1. The molecular weight excluding hydrogens is 368 g/mol. The Labute approximate surface area is 171 Å². The molecule has 1 unspecified atom stereocenters. The van der Waals surface area contributed by atoms with Crippen LogP contribution in [-0.2, 0) is 10.3 Å². The van der Waals surface area contributed by atoms with Crippen molar-refractivity contribution in [1.82, 2.24) is 4.90 Å². The van der Waals surface area contributed by atoms with Crippen LogP contribution >= 0.6 is 0 Å². The molecule has 6 nitrogen and oxygen atoms in total. The lowest BCUT2D eigenvalue weighted by Gasteiger charge is -2.38. The number of hydrogen-bond acceptors (Lipinski definition) is 5. The lowest BCUT2D eigenvalue weighted by molar-refractivity contribution is -0.0275. The van der Waals surface area contributed by atoms with Gasteiger partial charge in [-0.3, -0.25) is 4.90 Å². The van der Waals surface area contributed by atoms with E-state index in [1.807, 2.05) is 54.6 Å². The molecule has 0 radical (unpaired) electrons. The van der Waals surface area contributed by atoms with Crippen LogP contribution in [-0.4, -0.2) is 55.5 Å². The summed E-state index contributed by atoms with van der Waals surface area (Å²) in [5, 5.41) is 11.0. The Bertz CT molecular complexity index is 834. The van der Waals surface area contributed by atoms with Gasteiger partial charge in [-0.1, -0.05) is 36.4 Å². The van der Waals surface area contributed by atoms with Crippen LogP contribution in [0.3, 0.4) is 0 Å². The van der Waals surface area contributed by atoms with Gasteiger partial charge in [0.15, 0.2) is 0 Å². The second-order valence-corrected chi connectivity index (χ2v) is 7.85. The Morgan fingerprint density at radius 2 is 1.90 bits per heavy atom. The molecule has 2 aliphatic heterocycles. The molecule has 1 amide bonds. The molecule has 6 heteroatoms. The topological polar surface area (TPSA) is 62.2 Å². The number of benzene rings is 2. The number of ether oxygens (including phenoxy) is 2. The van der Waals surface area contributed by atoms with Gasteiger partial charge in [0, 0.05) is 25.7 Å². The standard InChI is InChI=1S/C23H28N2O4/c1-28-20-9-5-8-19(16-20)25-17-21(29-22(25)26)10-13-24-14-11-23(27,12-15-24)18-6-3-2-4-7-18/h2-9,16,21,27H,10-15,17H2,1H3. The Kier molecular flexibility index (Phi) is 5.74. The average Bonchev–Trinajstić information content (AvgIpc) is 3.14. The number of nitrogens with zero attached hydrogens (tertiary/aromatic N) is 2. The molecule has 2 aromatic carbocycles. The minimum absolute atomic E-state index is 0.122. The van der Waals surface area contributed by atoms with Crippen LogP contribution in [0.15, 0.2) is 54.6 Å². The predicted octanol–water partition coefficient (Wildman–Crippen LogP) is 3.39. The maximum absolute atomic E-state index is 12.3. The number of aliphatic hydroxyl groups is 1. The number of carbonyl (C=O) groups excluding carboxylic acids is 1. The van der Waals surface area contributed by atoms with E-state index in [1.165, 1.54) is 0 Å². The fraction of sp³-hybridized carbons (Fsp3) is 0.435. The highest BCUT2D eigenvalue weighted by atomic mass is 16.6. The summed E-state index contributed by atoms with van der Waals surface area (Å²) in [7, 11) is 1.61. The number of cyclic esters (lactones) is 1. The van der Waals surface area contributed by atoms with E-state index in [1.54, 1.807) is 12.0 Å². The van der Waals surface area contributed by atoms with Gasteiger partial charge in [-0.05, 0) is 37.0 Å². The lowest BCUT2D eigenvalue weighted by Crippen LogP contribution is -2.43. The second kappa shape index (κ2) is 8.43. The van der Waals surface area contributed by atoms with Gasteiger partial charge in [-0.25, -0.2) is 4.79 Å². The normalized spacial score (nSPS) is 21.8. The Balaban J connectivity index is 1.28. The quantitative estimate of drug-likeness (QED) is 0.811. The first-order valence-electron chi connectivity index (χ1n) is 10.2. The van der Waals surface area contributed by atoms with Crippen molar-refractivity contribution in [3.05, 3.63) is 60.2 Å². The van der Waals surface area contributed by atoms with E-state index >= 15 is 0 Å². The van der Waals surface area contributed by atoms with Crippen LogP contribution < -0.4 is 9.64 Å². The predicted molar refractivity (Wildman–Crippen MR) is 111 cm³/mol. The van der Waals surface area contributed by atoms with Crippen LogP contribution in [0, 0.1) is 0 Å². The van der Waals surface area contributed by atoms with Gasteiger partial charge in [0.05, 0.1) is 24.9 Å². The molecule has 0 aliphatic carbocycles. The molecule has 2 aromatic rings. The fourth-order valence-electron chi connectivity index (χ4n) is 4.17. The van der Waals surface area contributed by atoms with Gasteiger partial charge in [0.1, 0.15) is 11.9 Å². The fourth-order valence-corrected chi connectivity index (χ4v) is 4.17. The SMILES string of the molecule is COc1cccc(N2CC(CCN3CCC(O)(c4ccccc4)CC3)OC2=O)c1. The third-order valence-corrected chi connectivity index (χ3v) is 6.00. The molecule has 0 bridgehead atoms. The molecule has 1 N–H and O–H groups in total. The highest BCUT2D eigenvalue weighted by Crippen LogP contribution is 2.33. The molecular formula is C23H28N2O4. The first-order chi connectivity index (χ1) is 14.1. The molecule has 4 rings (SSSR count). The molecule has 2 heterocycles. The summed E-state index contributed by atoms with van der Waals surface area (Å²) in [4.78, 5) is 16.3. The van der Waals surface area contributed by atoms with Crippen molar-refractivity contribution in [1.29, 1.82) is 0 Å². The van der Waals surface area contributed by atoms with Gasteiger partial charge < -0.3 is 19.5 Å². The second-order valence-electron chi connectivity index (χ2n) is 7.85. The van der Waals surface area contributed by atoms with Crippen molar-refractivity contribution in [2.45, 2.75) is 31.0 Å². The molecule has 2 fully saturated rings. The van der Waals surface area contributed by atoms with Crippen LogP contribution in [0.2, 0.25) is 0 Å². The van der Waals surface area contributed by atoms with Crippen LogP contribution in [0.25, 0.3) is 0 Å². The zero-order chi connectivity index (χ0) is 20.3. The van der Waals surface area contributed by atoms with E-state index in [2.05, 4.69) is 4.90 Å². The number of amides is 1. The minimum Gasteiger partial charge on any atom is -0.497 e. The van der Waals surface area contributed by atoms with Gasteiger partial charge in [-0.15, -0.1) is 0 Å². The summed E-state index contributed by atoms with van der Waals surface area (Å²) in [6.07, 6.45) is 1.80. The van der Waals surface area contributed by atoms with Crippen LogP contribution in [0.4, 0.5) is 10.5 Å². The van der Waals surface area contributed by atoms with Crippen LogP contribution in [0.5, 0.6) is 5.75 Å². The van der Waals surface area contributed by atoms with Crippen molar-refractivity contribution in [2.24, 2.45) is 0 Å². The van der Waals surface area contributed by atoms with E-state index in [4.69, 9.17) is 9.47 Å². The highest BCUT2D eigenvalue weighted by molar-refractivity contribution is 5.89. The molecule has 2 aliphatic rings. The van der Waals surface area contributed by atoms with Crippen molar-refractivity contribution in [3.63, 3.8) is 0 Å². The maximum atomic E-state index is 12.3. The summed E-state index contributed by atoms with van der Waals surface area (Å²) >= 11 is 0. The monoisotopic (exact) mass is 396 g/mol. The maximum Gasteiger partial charge on any atom is 0.414 e. The number of likely N-dealkylation sites (tertiary alicyclic amines) is 1. The molecule has 29 heavy (non-hydrogen) atoms. The van der Waals surface area contributed by atoms with Gasteiger partial charge >= 0.3 is 6.09 Å². The van der Waals surface area contributed by atoms with Gasteiger partial charge in [0.25, 0.3) is 0 Å². The zero-order valence-corrected chi connectivity index (χ0v) is 16.8.